The fourth-order valence-corrected chi connectivity index (χ4v) is 7.80. The molecule has 2 heterocycles. The van der Waals surface area contributed by atoms with Crippen molar-refractivity contribution in [3.8, 4) is 0 Å². The van der Waals surface area contributed by atoms with Crippen molar-refractivity contribution in [1.29, 1.82) is 0 Å². The fraction of sp³-hybridized carbons (Fsp3) is 0.864. The Bertz CT molecular complexity index is 758. The third-order valence-corrected chi connectivity index (χ3v) is 8.65. The first-order valence-electron chi connectivity index (χ1n) is 10.8. The topological polar surface area (TPSA) is 78.9 Å². The fourth-order valence-electron chi connectivity index (χ4n) is 7.80. The van der Waals surface area contributed by atoms with Crippen LogP contribution in [0.4, 0.5) is 0 Å². The van der Waals surface area contributed by atoms with Crippen LogP contribution >= 0.6 is 0 Å². The molecule has 0 N–H and O–H groups in total. The number of ketones is 1. The Morgan fingerprint density at radius 1 is 1.14 bits per heavy atom. The molecule has 8 atom stereocenters. The van der Waals surface area contributed by atoms with E-state index in [1.165, 1.54) is 6.92 Å². The third-order valence-electron chi connectivity index (χ3n) is 8.65. The number of carbonyl (C=O) groups is 3. The normalized spacial score (nSPS) is 49.6. The van der Waals surface area contributed by atoms with E-state index >= 15 is 0 Å². The molecule has 2 saturated heterocycles. The van der Waals surface area contributed by atoms with Crippen molar-refractivity contribution in [2.75, 3.05) is 6.61 Å². The molecule has 3 saturated carbocycles. The predicted octanol–water partition coefficient (Wildman–Crippen LogP) is 2.67. The van der Waals surface area contributed by atoms with Crippen LogP contribution in [0, 0.1) is 35.0 Å². The van der Waals surface area contributed by atoms with E-state index in [-0.39, 0.29) is 53.6 Å². The molecular weight excluding hydrogens is 360 g/mol. The number of hydrogen-bond donors (Lipinski definition) is 0. The van der Waals surface area contributed by atoms with Crippen molar-refractivity contribution in [1.82, 2.24) is 0 Å². The molecule has 0 aromatic carbocycles. The van der Waals surface area contributed by atoms with E-state index in [1.54, 1.807) is 6.92 Å². The highest BCUT2D eigenvalue weighted by Crippen LogP contribution is 2.76. The quantitative estimate of drug-likeness (QED) is 0.545. The standard InChI is InChI=1S/C22H30O6/c1-5-26-19(25)22-9-14-16-17(20(16,3)4)15(27-11(2)23)10-21(14,28-22)13-8-6-7-12(13)18(22)24/h12-17H,5-10H2,1-4H3/t12-,13-,14+,15+,16+,17-,21+,22+/m1/s1. The average Bonchev–Trinajstić information content (AvgIpc) is 2.98. The molecule has 6 nitrogen and oxygen atoms in total. The molecule has 6 heteroatoms. The van der Waals surface area contributed by atoms with Gasteiger partial charge in [0.05, 0.1) is 12.2 Å². The second-order valence-electron chi connectivity index (χ2n) is 10.1. The lowest BCUT2D eigenvalue weighted by molar-refractivity contribution is -0.222. The van der Waals surface area contributed by atoms with Crippen LogP contribution in [0.1, 0.15) is 59.8 Å². The lowest BCUT2D eigenvalue weighted by Gasteiger charge is -2.50. The van der Waals surface area contributed by atoms with E-state index in [2.05, 4.69) is 13.8 Å². The van der Waals surface area contributed by atoms with Crippen LogP contribution in [0.15, 0.2) is 0 Å². The van der Waals surface area contributed by atoms with Gasteiger partial charge in [0.25, 0.3) is 0 Å². The van der Waals surface area contributed by atoms with Gasteiger partial charge in [-0.05, 0) is 42.9 Å². The zero-order valence-electron chi connectivity index (χ0n) is 17.2. The monoisotopic (exact) mass is 390 g/mol. The largest absolute Gasteiger partial charge is 0.464 e. The first-order valence-corrected chi connectivity index (χ1v) is 10.8. The van der Waals surface area contributed by atoms with E-state index in [0.717, 1.165) is 19.3 Å². The van der Waals surface area contributed by atoms with Crippen molar-refractivity contribution in [2.45, 2.75) is 77.1 Å². The Balaban J connectivity index is 1.61. The summed E-state index contributed by atoms with van der Waals surface area (Å²) in [6.45, 7) is 7.87. The number of Topliss-reactive ketones (excluding diaryl/α,β-unsaturated/α-hetero) is 1. The van der Waals surface area contributed by atoms with Crippen LogP contribution in [0.3, 0.4) is 0 Å². The Hall–Kier alpha value is -1.43. The van der Waals surface area contributed by atoms with Gasteiger partial charge in [-0.3, -0.25) is 9.59 Å². The maximum Gasteiger partial charge on any atom is 0.346 e. The lowest BCUT2D eigenvalue weighted by Crippen LogP contribution is -2.61. The number of ether oxygens (including phenoxy) is 3. The number of fused-ring (bicyclic) bond motifs is 4. The van der Waals surface area contributed by atoms with Gasteiger partial charge in [-0.2, -0.15) is 0 Å². The summed E-state index contributed by atoms with van der Waals surface area (Å²) in [5, 5.41) is 0. The zero-order chi connectivity index (χ0) is 20.1. The Kier molecular flexibility index (Phi) is 3.71. The molecule has 5 rings (SSSR count). The Labute approximate surface area is 165 Å². The van der Waals surface area contributed by atoms with E-state index in [1.807, 2.05) is 0 Å². The summed E-state index contributed by atoms with van der Waals surface area (Å²) in [7, 11) is 0. The molecule has 0 aromatic heterocycles. The van der Waals surface area contributed by atoms with E-state index < -0.39 is 17.2 Å². The molecular formula is C22H30O6. The second kappa shape index (κ2) is 5.59. The van der Waals surface area contributed by atoms with E-state index in [4.69, 9.17) is 14.2 Å². The first-order chi connectivity index (χ1) is 13.2. The molecule has 5 fully saturated rings. The maximum atomic E-state index is 13.5. The highest BCUT2D eigenvalue weighted by atomic mass is 16.6. The summed E-state index contributed by atoms with van der Waals surface area (Å²) in [5.41, 5.74) is -2.00. The van der Waals surface area contributed by atoms with Crippen LogP contribution < -0.4 is 0 Å². The number of esters is 2. The Morgan fingerprint density at radius 2 is 1.89 bits per heavy atom. The van der Waals surface area contributed by atoms with Gasteiger partial charge < -0.3 is 14.2 Å². The highest BCUT2D eigenvalue weighted by molar-refractivity contribution is 6.09. The van der Waals surface area contributed by atoms with Crippen molar-refractivity contribution >= 4 is 17.7 Å². The van der Waals surface area contributed by atoms with E-state index in [0.29, 0.717) is 18.8 Å². The molecule has 154 valence electrons. The molecule has 2 bridgehead atoms. The van der Waals surface area contributed by atoms with Crippen LogP contribution in [-0.4, -0.2) is 41.6 Å². The van der Waals surface area contributed by atoms with Crippen molar-refractivity contribution in [3.05, 3.63) is 0 Å². The van der Waals surface area contributed by atoms with Crippen molar-refractivity contribution < 1.29 is 28.6 Å². The highest BCUT2D eigenvalue weighted by Gasteiger charge is 2.82. The molecule has 28 heavy (non-hydrogen) atoms. The molecule has 0 radical (unpaired) electrons. The van der Waals surface area contributed by atoms with Crippen molar-refractivity contribution in [2.24, 2.45) is 35.0 Å². The molecule has 0 unspecified atom stereocenters. The maximum absolute atomic E-state index is 13.5. The van der Waals surface area contributed by atoms with Gasteiger partial charge in [-0.1, -0.05) is 20.3 Å². The molecule has 5 aliphatic rings. The van der Waals surface area contributed by atoms with Gasteiger partial charge in [0.2, 0.25) is 5.60 Å². The van der Waals surface area contributed by atoms with Crippen LogP contribution in [-0.2, 0) is 28.6 Å². The summed E-state index contributed by atoms with van der Waals surface area (Å²) in [6, 6.07) is 0. The van der Waals surface area contributed by atoms with Crippen LogP contribution in [0.5, 0.6) is 0 Å². The minimum absolute atomic E-state index is 0.0160. The second-order valence-corrected chi connectivity index (χ2v) is 10.1. The zero-order valence-corrected chi connectivity index (χ0v) is 17.2. The number of carbonyl (C=O) groups excluding carboxylic acids is 3. The summed E-state index contributed by atoms with van der Waals surface area (Å²) in [5.74, 6) is -0.166. The van der Waals surface area contributed by atoms with Gasteiger partial charge in [-0.25, -0.2) is 4.79 Å². The number of hydrogen-bond acceptors (Lipinski definition) is 6. The molecule has 1 spiro atoms. The Morgan fingerprint density at radius 3 is 2.57 bits per heavy atom. The first kappa shape index (κ1) is 18.6. The van der Waals surface area contributed by atoms with Crippen molar-refractivity contribution in [3.63, 3.8) is 0 Å². The minimum Gasteiger partial charge on any atom is -0.464 e. The predicted molar refractivity (Wildman–Crippen MR) is 98.1 cm³/mol. The SMILES string of the molecule is CCOC(=O)[C@@]12C[C@H]3[C@H]4[C@@H]([C@@H](OC(C)=O)C[C@]3(O1)[C@@H]1CCC[C@H]1C2=O)C4(C)C. The summed E-state index contributed by atoms with van der Waals surface area (Å²) < 4.78 is 17.7. The van der Waals surface area contributed by atoms with Gasteiger partial charge in [0.15, 0.2) is 5.78 Å². The third kappa shape index (κ3) is 2.05. The lowest BCUT2D eigenvalue weighted by atomic mass is 9.65. The average molecular weight is 390 g/mol. The summed E-state index contributed by atoms with van der Waals surface area (Å²) >= 11 is 0. The smallest absolute Gasteiger partial charge is 0.346 e. The van der Waals surface area contributed by atoms with Gasteiger partial charge in [0, 0.05) is 31.6 Å². The minimum atomic E-state index is -1.46. The molecule has 0 aromatic rings. The van der Waals surface area contributed by atoms with Gasteiger partial charge in [-0.15, -0.1) is 0 Å². The van der Waals surface area contributed by atoms with Gasteiger partial charge in [0.1, 0.15) is 6.10 Å². The molecule has 0 amide bonds. The van der Waals surface area contributed by atoms with Crippen LogP contribution in [0.2, 0.25) is 0 Å². The molecule has 3 aliphatic carbocycles. The van der Waals surface area contributed by atoms with Crippen LogP contribution in [0.25, 0.3) is 0 Å². The van der Waals surface area contributed by atoms with E-state index in [9.17, 15) is 14.4 Å². The number of rotatable bonds is 3. The summed E-state index contributed by atoms with van der Waals surface area (Å²) in [6.07, 6.45) is 3.55. The molecule has 2 aliphatic heterocycles. The van der Waals surface area contributed by atoms with Gasteiger partial charge >= 0.3 is 11.9 Å². The summed E-state index contributed by atoms with van der Waals surface area (Å²) in [4.78, 5) is 38.3.